The molecule has 1 aliphatic rings. The van der Waals surface area contributed by atoms with Crippen LogP contribution in [0.4, 0.5) is 0 Å². The molecule has 5 heteroatoms. The second-order valence-corrected chi connectivity index (χ2v) is 5.05. The van der Waals surface area contributed by atoms with Crippen molar-refractivity contribution in [2.24, 2.45) is 0 Å². The van der Waals surface area contributed by atoms with E-state index in [2.05, 4.69) is 11.0 Å². The Hall–Kier alpha value is -1.80. The van der Waals surface area contributed by atoms with Gasteiger partial charge in [0.2, 0.25) is 5.91 Å². The lowest BCUT2D eigenvalue weighted by molar-refractivity contribution is -0.133. The standard InChI is InChI=1S/C15H21N3O2/c1-2-13(12-16)17-7-9-18(10-8-17)15(19)6-5-14-4-3-11-20-14/h3-4,11,13H,2,5-10H2,1H3. The summed E-state index contributed by atoms with van der Waals surface area (Å²) in [6.07, 6.45) is 3.61. The van der Waals surface area contributed by atoms with Crippen molar-refractivity contribution in [3.05, 3.63) is 24.2 Å². The van der Waals surface area contributed by atoms with Gasteiger partial charge in [0, 0.05) is 39.0 Å². The van der Waals surface area contributed by atoms with E-state index < -0.39 is 0 Å². The molecule has 2 rings (SSSR count). The third-order valence-corrected chi connectivity index (χ3v) is 3.81. The highest BCUT2D eigenvalue weighted by Gasteiger charge is 2.24. The van der Waals surface area contributed by atoms with Crippen molar-refractivity contribution >= 4 is 5.91 Å². The van der Waals surface area contributed by atoms with Gasteiger partial charge in [0.1, 0.15) is 5.76 Å². The fraction of sp³-hybridized carbons (Fsp3) is 0.600. The van der Waals surface area contributed by atoms with E-state index in [1.807, 2.05) is 24.0 Å². The minimum absolute atomic E-state index is 0.0182. The van der Waals surface area contributed by atoms with Gasteiger partial charge in [-0.2, -0.15) is 5.26 Å². The Morgan fingerprint density at radius 3 is 2.75 bits per heavy atom. The van der Waals surface area contributed by atoms with Crippen molar-refractivity contribution in [1.29, 1.82) is 5.26 Å². The second kappa shape index (κ2) is 7.11. The van der Waals surface area contributed by atoms with Crippen LogP contribution in [0.5, 0.6) is 0 Å². The van der Waals surface area contributed by atoms with Gasteiger partial charge in [-0.1, -0.05) is 6.92 Å². The second-order valence-electron chi connectivity index (χ2n) is 5.05. The number of nitriles is 1. The molecule has 20 heavy (non-hydrogen) atoms. The highest BCUT2D eigenvalue weighted by Crippen LogP contribution is 2.11. The molecular formula is C15H21N3O2. The van der Waals surface area contributed by atoms with E-state index >= 15 is 0 Å². The van der Waals surface area contributed by atoms with E-state index in [4.69, 9.17) is 9.68 Å². The average Bonchev–Trinajstić information content (AvgIpc) is 3.00. The van der Waals surface area contributed by atoms with Crippen molar-refractivity contribution in [1.82, 2.24) is 9.80 Å². The molecule has 1 saturated heterocycles. The van der Waals surface area contributed by atoms with Crippen LogP contribution in [-0.4, -0.2) is 47.9 Å². The molecular weight excluding hydrogens is 254 g/mol. The monoisotopic (exact) mass is 275 g/mol. The number of nitrogens with zero attached hydrogens (tertiary/aromatic N) is 3. The van der Waals surface area contributed by atoms with Gasteiger partial charge < -0.3 is 9.32 Å². The van der Waals surface area contributed by atoms with E-state index in [0.717, 1.165) is 38.4 Å². The average molecular weight is 275 g/mol. The van der Waals surface area contributed by atoms with Crippen LogP contribution in [0, 0.1) is 11.3 Å². The molecule has 5 nitrogen and oxygen atoms in total. The Bertz CT molecular complexity index is 456. The van der Waals surface area contributed by atoms with Gasteiger partial charge >= 0.3 is 0 Å². The fourth-order valence-corrected chi connectivity index (χ4v) is 2.56. The maximum Gasteiger partial charge on any atom is 0.223 e. The number of hydrogen-bond acceptors (Lipinski definition) is 4. The molecule has 1 fully saturated rings. The quantitative estimate of drug-likeness (QED) is 0.820. The molecule has 108 valence electrons. The van der Waals surface area contributed by atoms with Gasteiger partial charge in [0.15, 0.2) is 0 Å². The highest BCUT2D eigenvalue weighted by atomic mass is 16.3. The molecule has 1 aromatic heterocycles. The van der Waals surface area contributed by atoms with Gasteiger partial charge in [-0.3, -0.25) is 9.69 Å². The van der Waals surface area contributed by atoms with Crippen LogP contribution >= 0.6 is 0 Å². The van der Waals surface area contributed by atoms with E-state index in [-0.39, 0.29) is 11.9 Å². The summed E-state index contributed by atoms with van der Waals surface area (Å²) in [6.45, 7) is 5.04. The zero-order chi connectivity index (χ0) is 14.4. The minimum Gasteiger partial charge on any atom is -0.469 e. The van der Waals surface area contributed by atoms with Gasteiger partial charge in [0.05, 0.1) is 18.4 Å². The van der Waals surface area contributed by atoms with Gasteiger partial charge in [-0.25, -0.2) is 0 Å². The van der Waals surface area contributed by atoms with Crippen molar-refractivity contribution in [2.75, 3.05) is 26.2 Å². The summed E-state index contributed by atoms with van der Waals surface area (Å²) in [5.41, 5.74) is 0. The molecule has 0 bridgehead atoms. The van der Waals surface area contributed by atoms with Gasteiger partial charge in [0.25, 0.3) is 0 Å². The van der Waals surface area contributed by atoms with E-state index in [1.165, 1.54) is 0 Å². The van der Waals surface area contributed by atoms with Crippen molar-refractivity contribution in [3.8, 4) is 6.07 Å². The van der Waals surface area contributed by atoms with Crippen molar-refractivity contribution in [2.45, 2.75) is 32.2 Å². The predicted molar refractivity (Wildman–Crippen MR) is 74.9 cm³/mol. The summed E-state index contributed by atoms with van der Waals surface area (Å²) in [5, 5.41) is 9.06. The highest BCUT2D eigenvalue weighted by molar-refractivity contribution is 5.76. The van der Waals surface area contributed by atoms with Crippen LogP contribution in [0.1, 0.15) is 25.5 Å². The first-order valence-corrected chi connectivity index (χ1v) is 7.18. The Morgan fingerprint density at radius 1 is 1.45 bits per heavy atom. The summed E-state index contributed by atoms with van der Waals surface area (Å²) >= 11 is 0. The molecule has 1 amide bonds. The Kier molecular flexibility index (Phi) is 5.19. The number of hydrogen-bond donors (Lipinski definition) is 0. The Morgan fingerprint density at radius 2 is 2.20 bits per heavy atom. The topological polar surface area (TPSA) is 60.5 Å². The first-order chi connectivity index (χ1) is 9.74. The van der Waals surface area contributed by atoms with Crippen LogP contribution < -0.4 is 0 Å². The number of piperazine rings is 1. The molecule has 2 heterocycles. The minimum atomic E-state index is -0.0182. The summed E-state index contributed by atoms with van der Waals surface area (Å²) < 4.78 is 5.23. The number of aryl methyl sites for hydroxylation is 1. The Balaban J connectivity index is 1.76. The lowest BCUT2D eigenvalue weighted by Gasteiger charge is -2.36. The third kappa shape index (κ3) is 3.61. The summed E-state index contributed by atoms with van der Waals surface area (Å²) in [7, 11) is 0. The molecule has 1 unspecified atom stereocenters. The smallest absolute Gasteiger partial charge is 0.223 e. The fourth-order valence-electron chi connectivity index (χ4n) is 2.56. The molecule has 0 saturated carbocycles. The lowest BCUT2D eigenvalue weighted by atomic mass is 10.1. The first kappa shape index (κ1) is 14.6. The maximum atomic E-state index is 12.1. The maximum absolute atomic E-state index is 12.1. The number of amides is 1. The lowest BCUT2D eigenvalue weighted by Crippen LogP contribution is -2.51. The molecule has 1 aliphatic heterocycles. The molecule has 0 N–H and O–H groups in total. The van der Waals surface area contributed by atoms with E-state index in [0.29, 0.717) is 12.8 Å². The molecule has 1 atom stereocenters. The molecule has 0 spiro atoms. The van der Waals surface area contributed by atoms with Gasteiger partial charge in [-0.05, 0) is 18.6 Å². The van der Waals surface area contributed by atoms with E-state index in [9.17, 15) is 4.79 Å². The molecule has 1 aromatic rings. The SMILES string of the molecule is CCC(C#N)N1CCN(C(=O)CCc2ccco2)CC1. The molecule has 0 aromatic carbocycles. The number of rotatable bonds is 5. The van der Waals surface area contributed by atoms with Crippen LogP contribution in [0.25, 0.3) is 0 Å². The number of furan rings is 1. The zero-order valence-electron chi connectivity index (χ0n) is 11.9. The molecule has 0 radical (unpaired) electrons. The van der Waals surface area contributed by atoms with Crippen LogP contribution in [0.3, 0.4) is 0 Å². The van der Waals surface area contributed by atoms with Crippen LogP contribution in [0.2, 0.25) is 0 Å². The zero-order valence-corrected chi connectivity index (χ0v) is 11.9. The predicted octanol–water partition coefficient (Wildman–Crippen LogP) is 1.66. The van der Waals surface area contributed by atoms with Crippen molar-refractivity contribution < 1.29 is 9.21 Å². The summed E-state index contributed by atoms with van der Waals surface area (Å²) in [6, 6.07) is 6.03. The van der Waals surface area contributed by atoms with Gasteiger partial charge in [-0.15, -0.1) is 0 Å². The number of carbonyl (C=O) groups excluding carboxylic acids is 1. The van der Waals surface area contributed by atoms with Crippen LogP contribution in [-0.2, 0) is 11.2 Å². The Labute approximate surface area is 119 Å². The summed E-state index contributed by atoms with van der Waals surface area (Å²) in [4.78, 5) is 16.2. The van der Waals surface area contributed by atoms with Crippen molar-refractivity contribution in [3.63, 3.8) is 0 Å². The number of carbonyl (C=O) groups is 1. The largest absolute Gasteiger partial charge is 0.469 e. The third-order valence-electron chi connectivity index (χ3n) is 3.81. The normalized spacial score (nSPS) is 17.7. The van der Waals surface area contributed by atoms with E-state index in [1.54, 1.807) is 6.26 Å². The molecule has 0 aliphatic carbocycles. The summed E-state index contributed by atoms with van der Waals surface area (Å²) in [5.74, 6) is 1.03. The first-order valence-electron chi connectivity index (χ1n) is 7.18. The van der Waals surface area contributed by atoms with Crippen LogP contribution in [0.15, 0.2) is 22.8 Å².